The Kier molecular flexibility index (Phi) is 7.94. The highest BCUT2D eigenvalue weighted by atomic mass is 19.1. The molecule has 0 spiro atoms. The van der Waals surface area contributed by atoms with E-state index in [1.54, 1.807) is 0 Å². The monoisotopic (exact) mass is 569 g/mol. The third kappa shape index (κ3) is 5.49. The molecule has 0 bridgehead atoms. The van der Waals surface area contributed by atoms with E-state index in [2.05, 4.69) is 76.9 Å². The highest BCUT2D eigenvalue weighted by Gasteiger charge is 2.35. The number of nitrogens with zero attached hydrogens (tertiary/aromatic N) is 7. The van der Waals surface area contributed by atoms with Crippen LogP contribution in [0.25, 0.3) is 10.8 Å². The van der Waals surface area contributed by atoms with Gasteiger partial charge in [-0.1, -0.05) is 43.0 Å². The maximum atomic E-state index is 13.8. The van der Waals surface area contributed by atoms with E-state index in [1.165, 1.54) is 21.4 Å². The van der Waals surface area contributed by atoms with E-state index in [1.807, 2.05) is 0 Å². The number of rotatable bonds is 7. The summed E-state index contributed by atoms with van der Waals surface area (Å²) in [7, 11) is 2.12. The summed E-state index contributed by atoms with van der Waals surface area (Å²) >= 11 is 0. The fraction of sp³-hybridized carbons (Fsp3) is 0.438. The number of hydrogen-bond donors (Lipinski definition) is 0. The number of amides is 1. The first-order valence-electron chi connectivity index (χ1n) is 14.7. The molecular weight excluding hydrogens is 533 g/mol. The lowest BCUT2D eigenvalue weighted by atomic mass is 10.0. The number of piperazine rings is 1. The Balaban J connectivity index is 1.32. The van der Waals surface area contributed by atoms with Crippen LogP contribution in [0.2, 0.25) is 0 Å². The number of likely N-dealkylation sites (N-methyl/N-ethyl adjacent to an activating group) is 1. The van der Waals surface area contributed by atoms with Crippen LogP contribution in [0.4, 0.5) is 15.9 Å². The Labute approximate surface area is 245 Å². The molecule has 42 heavy (non-hydrogen) atoms. The highest BCUT2D eigenvalue weighted by Crippen LogP contribution is 2.35. The van der Waals surface area contributed by atoms with Gasteiger partial charge in [0.1, 0.15) is 12.4 Å². The van der Waals surface area contributed by atoms with Crippen molar-refractivity contribution in [2.75, 3.05) is 56.2 Å². The maximum Gasteiger partial charge on any atom is 0.318 e. The van der Waals surface area contributed by atoms with Gasteiger partial charge in [0.25, 0.3) is 5.91 Å². The van der Waals surface area contributed by atoms with Crippen molar-refractivity contribution in [3.63, 3.8) is 0 Å². The Bertz CT molecular complexity index is 1530. The normalized spacial score (nSPS) is 20.8. The summed E-state index contributed by atoms with van der Waals surface area (Å²) in [5.41, 5.74) is 3.14. The molecule has 9 nitrogen and oxygen atoms in total. The molecule has 2 fully saturated rings. The molecule has 3 aliphatic rings. The topological polar surface area (TPSA) is 88.8 Å². The minimum atomic E-state index is -1.01. The second-order valence-corrected chi connectivity index (χ2v) is 11.4. The predicted molar refractivity (Wildman–Crippen MR) is 160 cm³/mol. The van der Waals surface area contributed by atoms with Crippen LogP contribution in [0.1, 0.15) is 30.5 Å². The number of aromatic nitrogens is 2. The number of nitriles is 1. The molecule has 1 aromatic heterocycles. The maximum absolute atomic E-state index is 13.8. The average molecular weight is 570 g/mol. The van der Waals surface area contributed by atoms with Gasteiger partial charge in [-0.25, -0.2) is 4.39 Å². The lowest BCUT2D eigenvalue weighted by Gasteiger charge is -2.42. The van der Waals surface area contributed by atoms with Gasteiger partial charge in [-0.2, -0.15) is 15.2 Å². The number of carbonyl (C=O) groups is 1. The van der Waals surface area contributed by atoms with Gasteiger partial charge < -0.3 is 24.3 Å². The first-order chi connectivity index (χ1) is 20.4. The van der Waals surface area contributed by atoms with E-state index in [4.69, 9.17) is 14.7 Å². The van der Waals surface area contributed by atoms with Crippen molar-refractivity contribution in [2.24, 2.45) is 0 Å². The Morgan fingerprint density at radius 3 is 2.71 bits per heavy atom. The second kappa shape index (κ2) is 11.9. The molecule has 218 valence electrons. The van der Waals surface area contributed by atoms with Crippen molar-refractivity contribution in [2.45, 2.75) is 44.3 Å². The van der Waals surface area contributed by atoms with Crippen LogP contribution in [0.15, 0.2) is 54.9 Å². The molecule has 2 aromatic carbocycles. The fourth-order valence-corrected chi connectivity index (χ4v) is 6.52. The first kappa shape index (κ1) is 27.9. The molecule has 2 saturated heterocycles. The minimum absolute atomic E-state index is 0.0923. The number of anilines is 2. The summed E-state index contributed by atoms with van der Waals surface area (Å²) in [6.45, 7) is 7.26. The van der Waals surface area contributed by atoms with Crippen LogP contribution in [0.3, 0.4) is 0 Å². The Morgan fingerprint density at radius 2 is 1.93 bits per heavy atom. The first-order valence-corrected chi connectivity index (χ1v) is 14.7. The number of fused-ring (bicyclic) bond motifs is 2. The van der Waals surface area contributed by atoms with Gasteiger partial charge in [0.05, 0.1) is 30.8 Å². The van der Waals surface area contributed by atoms with Crippen LogP contribution in [0, 0.1) is 11.3 Å². The summed E-state index contributed by atoms with van der Waals surface area (Å²) in [5.74, 6) is -0.983. The van der Waals surface area contributed by atoms with E-state index in [0.29, 0.717) is 38.3 Å². The summed E-state index contributed by atoms with van der Waals surface area (Å²) in [4.78, 5) is 30.5. The van der Waals surface area contributed by atoms with Gasteiger partial charge in [-0.3, -0.25) is 4.79 Å². The van der Waals surface area contributed by atoms with Crippen molar-refractivity contribution >= 4 is 28.2 Å². The van der Waals surface area contributed by atoms with E-state index in [9.17, 15) is 14.4 Å². The molecule has 6 rings (SSSR count). The number of halogens is 1. The molecular formula is C32H36FN7O2. The summed E-state index contributed by atoms with van der Waals surface area (Å²) in [6.07, 6.45) is 3.06. The van der Waals surface area contributed by atoms with Crippen molar-refractivity contribution < 1.29 is 13.9 Å². The average Bonchev–Trinajstić information content (AvgIpc) is 3.43. The van der Waals surface area contributed by atoms with Crippen molar-refractivity contribution in [3.8, 4) is 12.1 Å². The minimum Gasteiger partial charge on any atom is -0.462 e. The summed E-state index contributed by atoms with van der Waals surface area (Å²) in [5, 5.41) is 11.9. The Morgan fingerprint density at radius 1 is 1.10 bits per heavy atom. The number of likely N-dealkylation sites (tertiary alicyclic amines) is 1. The van der Waals surface area contributed by atoms with Crippen LogP contribution in [-0.4, -0.2) is 84.1 Å². The molecule has 1 amide bonds. The highest BCUT2D eigenvalue weighted by molar-refractivity contribution is 5.94. The zero-order chi connectivity index (χ0) is 29.2. The third-order valence-electron chi connectivity index (χ3n) is 8.81. The smallest absolute Gasteiger partial charge is 0.318 e. The zero-order valence-electron chi connectivity index (χ0n) is 24.0. The largest absolute Gasteiger partial charge is 0.462 e. The molecule has 0 radical (unpaired) electrons. The quantitative estimate of drug-likeness (QED) is 0.394. The third-order valence-corrected chi connectivity index (χ3v) is 8.81. The van der Waals surface area contributed by atoms with Gasteiger partial charge in [0.15, 0.2) is 5.83 Å². The molecule has 2 atom stereocenters. The fourth-order valence-electron chi connectivity index (χ4n) is 6.52. The van der Waals surface area contributed by atoms with Crippen LogP contribution in [-0.2, 0) is 17.8 Å². The molecule has 10 heteroatoms. The van der Waals surface area contributed by atoms with Crippen LogP contribution < -0.4 is 14.5 Å². The molecule has 0 N–H and O–H groups in total. The van der Waals surface area contributed by atoms with Gasteiger partial charge in [-0.05, 0) is 44.3 Å². The zero-order valence-corrected chi connectivity index (χ0v) is 24.0. The molecule has 3 aliphatic heterocycles. The Hall–Kier alpha value is -4.23. The van der Waals surface area contributed by atoms with E-state index < -0.39 is 17.8 Å². The lowest BCUT2D eigenvalue weighted by molar-refractivity contribution is -0.131. The van der Waals surface area contributed by atoms with Gasteiger partial charge in [0, 0.05) is 48.9 Å². The lowest BCUT2D eigenvalue weighted by Crippen LogP contribution is -2.55. The van der Waals surface area contributed by atoms with E-state index in [-0.39, 0.29) is 13.0 Å². The summed E-state index contributed by atoms with van der Waals surface area (Å²) < 4.78 is 20.0. The van der Waals surface area contributed by atoms with Crippen LogP contribution in [0.5, 0.6) is 6.01 Å². The van der Waals surface area contributed by atoms with Gasteiger partial charge >= 0.3 is 6.01 Å². The SMILES string of the molecule is C=C(F)C(=O)N1CCN(c2nc(OC[C@@H]3CCCN3C)nc3c2CCN(c2cccc4ccccc24)C3)C[C@@H]1CC#N. The number of carbonyl (C=O) groups excluding carboxylic acids is 1. The summed E-state index contributed by atoms with van der Waals surface area (Å²) in [6, 6.07) is 17.1. The number of ether oxygens (including phenoxy) is 1. The van der Waals surface area contributed by atoms with E-state index >= 15 is 0 Å². The molecule has 4 heterocycles. The predicted octanol–water partition coefficient (Wildman–Crippen LogP) is 4.08. The van der Waals surface area contributed by atoms with Crippen LogP contribution >= 0.6 is 0 Å². The molecule has 0 saturated carbocycles. The number of hydrogen-bond acceptors (Lipinski definition) is 8. The van der Waals surface area contributed by atoms with Crippen molar-refractivity contribution in [1.29, 1.82) is 5.26 Å². The molecule has 0 aliphatic carbocycles. The van der Waals surface area contributed by atoms with E-state index in [0.717, 1.165) is 49.4 Å². The van der Waals surface area contributed by atoms with Crippen molar-refractivity contribution in [1.82, 2.24) is 19.8 Å². The van der Waals surface area contributed by atoms with Gasteiger partial charge in [-0.15, -0.1) is 0 Å². The van der Waals surface area contributed by atoms with Crippen molar-refractivity contribution in [3.05, 3.63) is 66.1 Å². The number of benzene rings is 2. The molecule has 3 aromatic rings. The molecule has 0 unspecified atom stereocenters. The standard InChI is InChI=1S/C32H36FN7O2/c1-22(33)31(41)40-18-17-39(19-24(40)12-14-34)30-27-13-16-38(29-11-5-8-23-7-3-4-10-26(23)29)20-28(27)35-32(36-30)42-21-25-9-6-15-37(25)2/h3-5,7-8,10-11,24-25H,1,6,9,12-13,15-21H2,2H3/t24-,25-/m0/s1. The van der Waals surface area contributed by atoms with Gasteiger partial charge in [0.2, 0.25) is 0 Å². The second-order valence-electron chi connectivity index (χ2n) is 11.4.